The van der Waals surface area contributed by atoms with Gasteiger partial charge >= 0.3 is 0 Å². The number of pyridine rings is 1. The molecule has 0 radical (unpaired) electrons. The molecule has 0 atom stereocenters. The maximum Gasteiger partial charge on any atom is 0.265 e. The Morgan fingerprint density at radius 2 is 2.38 bits per heavy atom. The third-order valence-electron chi connectivity index (χ3n) is 1.74. The van der Waals surface area contributed by atoms with Crippen LogP contribution in [-0.4, -0.2) is 10.9 Å². The Hall–Kier alpha value is -1.68. The van der Waals surface area contributed by atoms with Crippen molar-refractivity contribution < 1.29 is 4.79 Å². The van der Waals surface area contributed by atoms with Gasteiger partial charge in [-0.15, -0.1) is 0 Å². The number of aryl methyl sites for hydroxylation is 1. The third kappa shape index (κ3) is 1.91. The number of amides is 1. The zero-order valence-electron chi connectivity index (χ0n) is 7.37. The maximum atomic E-state index is 11.1. The Balaban J connectivity index is 3.02. The number of hydrogen-bond donors (Lipinski definition) is 2. The number of rotatable bonds is 2. The molecule has 68 valence electrons. The van der Waals surface area contributed by atoms with Gasteiger partial charge < -0.3 is 0 Å². The van der Waals surface area contributed by atoms with Gasteiger partial charge in [0.05, 0.1) is 0 Å². The molecule has 4 nitrogen and oxygen atoms in total. The number of hydrazine groups is 1. The molecule has 3 N–H and O–H groups in total. The first-order chi connectivity index (χ1) is 6.16. The summed E-state index contributed by atoms with van der Waals surface area (Å²) in [5.41, 5.74) is 3.82. The van der Waals surface area contributed by atoms with Gasteiger partial charge in [0, 0.05) is 23.0 Å². The number of carbonyl (C=O) groups excluding carboxylic acids is 1. The monoisotopic (exact) mass is 177 g/mol. The first-order valence-electron chi connectivity index (χ1n) is 3.78. The van der Waals surface area contributed by atoms with Gasteiger partial charge in [0.15, 0.2) is 0 Å². The van der Waals surface area contributed by atoms with Gasteiger partial charge in [-0.25, -0.2) is 5.84 Å². The first kappa shape index (κ1) is 9.41. The third-order valence-corrected chi connectivity index (χ3v) is 1.74. The van der Waals surface area contributed by atoms with E-state index in [-0.39, 0.29) is 0 Å². The summed E-state index contributed by atoms with van der Waals surface area (Å²) in [5.74, 6) is 4.59. The summed E-state index contributed by atoms with van der Waals surface area (Å²) in [7, 11) is 0. The fourth-order valence-corrected chi connectivity index (χ4v) is 1.01. The molecule has 1 aromatic rings. The van der Waals surface area contributed by atoms with Gasteiger partial charge in [0.25, 0.3) is 5.91 Å². The molecule has 0 saturated heterocycles. The van der Waals surface area contributed by atoms with Crippen molar-refractivity contribution in [3.05, 3.63) is 36.2 Å². The lowest BCUT2D eigenvalue weighted by Crippen LogP contribution is -2.30. The highest BCUT2D eigenvalue weighted by molar-refractivity contribution is 6.18. The highest BCUT2D eigenvalue weighted by Crippen LogP contribution is 2.14. The number of aromatic nitrogens is 1. The van der Waals surface area contributed by atoms with E-state index in [0.29, 0.717) is 11.1 Å². The van der Waals surface area contributed by atoms with Crippen LogP contribution in [0.3, 0.4) is 0 Å². The Bertz CT molecular complexity index is 346. The van der Waals surface area contributed by atoms with Gasteiger partial charge in [-0.05, 0) is 13.0 Å². The number of carbonyl (C=O) groups is 1. The van der Waals surface area contributed by atoms with Crippen molar-refractivity contribution >= 4 is 11.5 Å². The molecule has 0 aliphatic heterocycles. The maximum absolute atomic E-state index is 11.1. The zero-order valence-corrected chi connectivity index (χ0v) is 7.37. The predicted octanol–water partition coefficient (Wildman–Crippen LogP) is 0.393. The minimum atomic E-state index is -0.392. The average molecular weight is 177 g/mol. The highest BCUT2D eigenvalue weighted by atomic mass is 16.2. The fraction of sp³-hybridized carbons (Fsp3) is 0.111. The summed E-state index contributed by atoms with van der Waals surface area (Å²) in [5, 5.41) is 0. The molecule has 1 aromatic heterocycles. The van der Waals surface area contributed by atoms with Crippen molar-refractivity contribution in [2.75, 3.05) is 0 Å². The van der Waals surface area contributed by atoms with E-state index in [0.717, 1.165) is 5.69 Å². The van der Waals surface area contributed by atoms with Crippen LogP contribution >= 0.6 is 0 Å². The molecule has 1 amide bonds. The van der Waals surface area contributed by atoms with Crippen LogP contribution in [0.2, 0.25) is 0 Å². The Kier molecular flexibility index (Phi) is 2.76. The summed E-state index contributed by atoms with van der Waals surface area (Å²) in [6.45, 7) is 5.43. The second-order valence-electron chi connectivity index (χ2n) is 2.59. The molecule has 0 aromatic carbocycles. The van der Waals surface area contributed by atoms with Crippen LogP contribution in [0.4, 0.5) is 0 Å². The predicted molar refractivity (Wildman–Crippen MR) is 50.3 cm³/mol. The lowest BCUT2D eigenvalue weighted by molar-refractivity contribution is -0.115. The van der Waals surface area contributed by atoms with E-state index in [9.17, 15) is 4.79 Å². The van der Waals surface area contributed by atoms with Crippen LogP contribution in [-0.2, 0) is 4.79 Å². The number of nitrogens with two attached hydrogens (primary N) is 1. The van der Waals surface area contributed by atoms with Crippen LogP contribution in [0, 0.1) is 6.92 Å². The van der Waals surface area contributed by atoms with Gasteiger partial charge in [-0.2, -0.15) is 0 Å². The lowest BCUT2D eigenvalue weighted by atomic mass is 10.1. The van der Waals surface area contributed by atoms with E-state index in [2.05, 4.69) is 11.6 Å². The minimum Gasteiger partial charge on any atom is -0.290 e. The second kappa shape index (κ2) is 3.82. The summed E-state index contributed by atoms with van der Waals surface area (Å²) in [4.78, 5) is 15.1. The van der Waals surface area contributed by atoms with Gasteiger partial charge in [0.2, 0.25) is 0 Å². The van der Waals surface area contributed by atoms with Crippen molar-refractivity contribution in [3.8, 4) is 0 Å². The molecule has 1 rings (SSSR count). The zero-order chi connectivity index (χ0) is 9.84. The van der Waals surface area contributed by atoms with E-state index in [1.807, 2.05) is 12.3 Å². The number of nitrogens with zero attached hydrogens (tertiary/aromatic N) is 1. The molecule has 0 fully saturated rings. The molecule has 0 aliphatic rings. The SMILES string of the molecule is C=C(C(=O)NN)c1cccnc1C. The summed E-state index contributed by atoms with van der Waals surface area (Å²) < 4.78 is 0. The van der Waals surface area contributed by atoms with E-state index in [4.69, 9.17) is 5.84 Å². The van der Waals surface area contributed by atoms with Crippen molar-refractivity contribution in [2.45, 2.75) is 6.92 Å². The molecule has 4 heteroatoms. The molecule has 1 heterocycles. The van der Waals surface area contributed by atoms with Gasteiger partial charge in [-0.3, -0.25) is 15.2 Å². The first-order valence-corrected chi connectivity index (χ1v) is 3.78. The standard InChI is InChI=1S/C9H11N3O/c1-6(9(13)12-10)8-4-3-5-11-7(8)2/h3-5H,1,10H2,2H3,(H,12,13). The van der Waals surface area contributed by atoms with Crippen LogP contribution in [0.1, 0.15) is 11.3 Å². The Labute approximate surface area is 76.4 Å². The molecule has 0 spiro atoms. The van der Waals surface area contributed by atoms with Crippen molar-refractivity contribution in [2.24, 2.45) is 5.84 Å². The Morgan fingerprint density at radius 1 is 1.69 bits per heavy atom. The smallest absolute Gasteiger partial charge is 0.265 e. The summed E-state index contributed by atoms with van der Waals surface area (Å²) in [6, 6.07) is 3.53. The molecule has 0 unspecified atom stereocenters. The number of hydrogen-bond acceptors (Lipinski definition) is 3. The van der Waals surface area contributed by atoms with Crippen molar-refractivity contribution in [1.29, 1.82) is 0 Å². The number of nitrogens with one attached hydrogen (secondary N) is 1. The van der Waals surface area contributed by atoms with Crippen LogP contribution in [0.5, 0.6) is 0 Å². The van der Waals surface area contributed by atoms with Gasteiger partial charge in [0.1, 0.15) is 0 Å². The molecule has 0 aliphatic carbocycles. The summed E-state index contributed by atoms with van der Waals surface area (Å²) >= 11 is 0. The molecular weight excluding hydrogens is 166 g/mol. The highest BCUT2D eigenvalue weighted by Gasteiger charge is 2.09. The van der Waals surface area contributed by atoms with Crippen LogP contribution in [0.25, 0.3) is 5.57 Å². The molecule has 13 heavy (non-hydrogen) atoms. The average Bonchev–Trinajstić information content (AvgIpc) is 2.16. The lowest BCUT2D eigenvalue weighted by Gasteiger charge is -2.05. The molecule has 0 saturated carbocycles. The fourth-order valence-electron chi connectivity index (χ4n) is 1.01. The quantitative estimate of drug-likeness (QED) is 0.297. The summed E-state index contributed by atoms with van der Waals surface area (Å²) in [6.07, 6.45) is 1.66. The normalized spacial score (nSPS) is 9.38. The second-order valence-corrected chi connectivity index (χ2v) is 2.59. The van der Waals surface area contributed by atoms with E-state index < -0.39 is 5.91 Å². The molecular formula is C9H11N3O. The molecule has 0 bridgehead atoms. The minimum absolute atomic E-state index is 0.327. The van der Waals surface area contributed by atoms with E-state index in [1.54, 1.807) is 18.3 Å². The van der Waals surface area contributed by atoms with Crippen molar-refractivity contribution in [3.63, 3.8) is 0 Å². The topological polar surface area (TPSA) is 68.0 Å². The largest absolute Gasteiger partial charge is 0.290 e. The Morgan fingerprint density at radius 3 is 2.92 bits per heavy atom. The van der Waals surface area contributed by atoms with Crippen LogP contribution < -0.4 is 11.3 Å². The van der Waals surface area contributed by atoms with Gasteiger partial charge in [-0.1, -0.05) is 12.6 Å². The van der Waals surface area contributed by atoms with Crippen LogP contribution in [0.15, 0.2) is 24.9 Å². The van der Waals surface area contributed by atoms with E-state index in [1.165, 1.54) is 0 Å². The van der Waals surface area contributed by atoms with Crippen molar-refractivity contribution in [1.82, 2.24) is 10.4 Å². The van der Waals surface area contributed by atoms with E-state index >= 15 is 0 Å².